The molecule has 0 bridgehead atoms. The number of H-pyrrole nitrogens is 1. The fourth-order valence-corrected chi connectivity index (χ4v) is 3.87. The molecule has 1 aromatic heterocycles. The van der Waals surface area contributed by atoms with Gasteiger partial charge in [-0.2, -0.15) is 0 Å². The number of nitrogens with one attached hydrogen (secondary N) is 1. The van der Waals surface area contributed by atoms with Crippen LogP contribution < -0.4 is 11.2 Å². The maximum absolute atomic E-state index is 14.6. The Hall–Kier alpha value is -1.07. The van der Waals surface area contributed by atoms with Gasteiger partial charge in [0, 0.05) is 12.3 Å². The molecule has 3 rings (SSSR count). The Balaban J connectivity index is 1.96. The Morgan fingerprint density at radius 2 is 2.17 bits per heavy atom. The molecule has 10 nitrogen and oxygen atoms in total. The summed E-state index contributed by atoms with van der Waals surface area (Å²) in [6.07, 6.45) is -4.65. The number of aliphatic hydroxyl groups is 1. The second kappa shape index (κ2) is 4.96. The molecule has 1 aromatic rings. The molecule has 4 N–H and O–H groups in total. The first-order valence-electron chi connectivity index (χ1n) is 6.22. The molecule has 1 aliphatic heterocycles. The number of phosphoric acid groups is 1. The lowest BCUT2D eigenvalue weighted by Gasteiger charge is -2.23. The summed E-state index contributed by atoms with van der Waals surface area (Å²) >= 11 is 5.66. The summed E-state index contributed by atoms with van der Waals surface area (Å²) in [4.78, 5) is 42.2. The lowest BCUT2D eigenvalue weighted by Crippen LogP contribution is -2.40. The van der Waals surface area contributed by atoms with E-state index in [0.29, 0.717) is 4.57 Å². The molecule has 2 fully saturated rings. The fourth-order valence-electron chi connectivity index (χ4n) is 2.84. The number of halogens is 2. The Morgan fingerprint density at radius 1 is 1.52 bits per heavy atom. The number of fused-ring (bicyclic) bond motifs is 1. The van der Waals surface area contributed by atoms with Crippen molar-refractivity contribution in [1.29, 1.82) is 0 Å². The van der Waals surface area contributed by atoms with Crippen molar-refractivity contribution >= 4 is 19.4 Å². The number of phosphoric ester groups is 1. The number of nitrogens with zero attached hydrogens (tertiary/aromatic N) is 1. The van der Waals surface area contributed by atoms with Crippen LogP contribution in [0.3, 0.4) is 0 Å². The highest BCUT2D eigenvalue weighted by atomic mass is 35.5. The van der Waals surface area contributed by atoms with E-state index in [2.05, 4.69) is 4.52 Å². The summed E-state index contributed by atoms with van der Waals surface area (Å²) in [5, 5.41) is 10.3. The van der Waals surface area contributed by atoms with Gasteiger partial charge in [0.25, 0.3) is 5.56 Å². The average molecular weight is 373 g/mol. The molecule has 1 saturated carbocycles. The molecule has 2 aliphatic rings. The van der Waals surface area contributed by atoms with Crippen molar-refractivity contribution in [2.24, 2.45) is 0 Å². The summed E-state index contributed by atoms with van der Waals surface area (Å²) in [6, 6.07) is 0.947. The molecule has 1 aliphatic carbocycles. The molecule has 0 spiro atoms. The average Bonchev–Trinajstić information content (AvgIpc) is 2.82. The van der Waals surface area contributed by atoms with Gasteiger partial charge in [-0.15, -0.1) is 11.6 Å². The second-order valence-corrected chi connectivity index (χ2v) is 6.71. The largest absolute Gasteiger partial charge is 0.470 e. The predicted molar refractivity (Wildman–Crippen MR) is 71.7 cm³/mol. The van der Waals surface area contributed by atoms with Crippen LogP contribution >= 0.6 is 19.4 Å². The minimum Gasteiger partial charge on any atom is -0.381 e. The van der Waals surface area contributed by atoms with Crippen LogP contribution in [-0.2, 0) is 13.8 Å². The number of rotatable bonds is 4. The van der Waals surface area contributed by atoms with Crippen molar-refractivity contribution in [2.75, 3.05) is 5.88 Å². The molecule has 128 valence electrons. The van der Waals surface area contributed by atoms with E-state index in [-0.39, 0.29) is 0 Å². The first kappa shape index (κ1) is 16.8. The number of alkyl halides is 2. The van der Waals surface area contributed by atoms with Gasteiger partial charge < -0.3 is 19.6 Å². The topological polar surface area (TPSA) is 151 Å². The summed E-state index contributed by atoms with van der Waals surface area (Å²) in [6.45, 7) is 0. The van der Waals surface area contributed by atoms with Gasteiger partial charge >= 0.3 is 13.5 Å². The minimum absolute atomic E-state index is 0.539. The van der Waals surface area contributed by atoms with Gasteiger partial charge in [0.15, 0.2) is 18.0 Å². The van der Waals surface area contributed by atoms with E-state index >= 15 is 0 Å². The Morgan fingerprint density at radius 3 is 2.65 bits per heavy atom. The van der Waals surface area contributed by atoms with Crippen molar-refractivity contribution in [3.63, 3.8) is 0 Å². The van der Waals surface area contributed by atoms with E-state index in [1.54, 1.807) is 0 Å². The van der Waals surface area contributed by atoms with E-state index < -0.39 is 54.7 Å². The highest BCUT2D eigenvalue weighted by Crippen LogP contribution is 2.67. The van der Waals surface area contributed by atoms with E-state index in [1.807, 2.05) is 4.98 Å². The molecular weight excluding hydrogens is 362 g/mol. The van der Waals surface area contributed by atoms with E-state index in [1.165, 1.54) is 0 Å². The zero-order valence-corrected chi connectivity index (χ0v) is 12.8. The molecule has 0 radical (unpaired) electrons. The highest BCUT2D eigenvalue weighted by Gasteiger charge is 2.89. The van der Waals surface area contributed by atoms with Crippen LogP contribution in [0.15, 0.2) is 21.9 Å². The highest BCUT2D eigenvalue weighted by molar-refractivity contribution is 7.46. The third-order valence-electron chi connectivity index (χ3n) is 3.99. The van der Waals surface area contributed by atoms with Crippen molar-refractivity contribution in [2.45, 2.75) is 29.7 Å². The predicted octanol–water partition coefficient (Wildman–Crippen LogP) is -1.40. The Kier molecular flexibility index (Phi) is 3.62. The van der Waals surface area contributed by atoms with Crippen LogP contribution in [0.2, 0.25) is 0 Å². The Labute approximate surface area is 131 Å². The number of aromatic nitrogens is 2. The first-order valence-corrected chi connectivity index (χ1v) is 8.29. The first-order chi connectivity index (χ1) is 10.6. The monoisotopic (exact) mass is 372 g/mol. The minimum atomic E-state index is -5.03. The smallest absolute Gasteiger partial charge is 0.381 e. The summed E-state index contributed by atoms with van der Waals surface area (Å²) in [7, 11) is -5.03. The van der Waals surface area contributed by atoms with Crippen LogP contribution in [-0.4, -0.2) is 53.8 Å². The third kappa shape index (κ3) is 2.23. The summed E-state index contributed by atoms with van der Waals surface area (Å²) in [5.74, 6) is -0.539. The molecule has 1 unspecified atom stereocenters. The molecule has 5 atom stereocenters. The van der Waals surface area contributed by atoms with Crippen molar-refractivity contribution < 1.29 is 33.1 Å². The van der Waals surface area contributed by atoms with E-state index in [9.17, 15) is 23.7 Å². The molecule has 13 heteroatoms. The maximum Gasteiger partial charge on any atom is 0.470 e. The number of hydrogen-bond donors (Lipinski definition) is 4. The molecule has 2 heterocycles. The van der Waals surface area contributed by atoms with Crippen molar-refractivity contribution in [1.82, 2.24) is 9.55 Å². The van der Waals surface area contributed by atoms with E-state index in [4.69, 9.17) is 26.1 Å². The maximum atomic E-state index is 14.6. The fraction of sp³-hybridized carbons (Fsp3) is 0.600. The number of ether oxygens (including phenoxy) is 1. The molecular formula is C10H11ClFN2O8P. The van der Waals surface area contributed by atoms with Gasteiger partial charge in [0.1, 0.15) is 11.7 Å². The normalized spacial score (nSPS) is 39.3. The van der Waals surface area contributed by atoms with Crippen LogP contribution in [0.25, 0.3) is 0 Å². The molecule has 1 saturated heterocycles. The van der Waals surface area contributed by atoms with Gasteiger partial charge in [-0.25, -0.2) is 13.8 Å². The SMILES string of the molecule is O=c1ccn([C@@H]2O[C@]3(CCl)C(OP(=O)(O)O)[C@]3(O)[C@H]2F)c(=O)[nH]1. The molecule has 0 amide bonds. The quantitative estimate of drug-likeness (QED) is 0.372. The van der Waals surface area contributed by atoms with Crippen molar-refractivity contribution in [3.05, 3.63) is 33.1 Å². The van der Waals surface area contributed by atoms with Crippen LogP contribution in [0.1, 0.15) is 6.23 Å². The second-order valence-electron chi connectivity index (χ2n) is 5.25. The number of hydrogen-bond acceptors (Lipinski definition) is 6. The zero-order valence-electron chi connectivity index (χ0n) is 11.1. The molecule has 23 heavy (non-hydrogen) atoms. The number of aromatic amines is 1. The summed E-state index contributed by atoms with van der Waals surface area (Å²) < 4.78 is 35.8. The lowest BCUT2D eigenvalue weighted by atomic mass is 10.1. The van der Waals surface area contributed by atoms with Gasteiger partial charge in [-0.1, -0.05) is 0 Å². The lowest BCUT2D eigenvalue weighted by molar-refractivity contribution is -0.0853. The van der Waals surface area contributed by atoms with Crippen LogP contribution in [0.5, 0.6) is 0 Å². The third-order valence-corrected chi connectivity index (χ3v) is 4.87. The summed E-state index contributed by atoms with van der Waals surface area (Å²) in [5.41, 5.74) is -6.05. The zero-order chi connectivity index (χ0) is 17.2. The van der Waals surface area contributed by atoms with Crippen LogP contribution in [0, 0.1) is 0 Å². The van der Waals surface area contributed by atoms with Crippen LogP contribution in [0.4, 0.5) is 4.39 Å². The van der Waals surface area contributed by atoms with Crippen molar-refractivity contribution in [3.8, 4) is 0 Å². The van der Waals surface area contributed by atoms with Gasteiger partial charge in [0.05, 0.1) is 5.88 Å². The van der Waals surface area contributed by atoms with E-state index in [0.717, 1.165) is 12.3 Å². The van der Waals surface area contributed by atoms with Gasteiger partial charge in [-0.05, 0) is 0 Å². The Bertz CT molecular complexity index is 805. The van der Waals surface area contributed by atoms with Gasteiger partial charge in [-0.3, -0.25) is 18.9 Å². The van der Waals surface area contributed by atoms with Gasteiger partial charge in [0.2, 0.25) is 0 Å². The standard InChI is InChI=1S/C10H11ClFN2O8P/c11-3-9-7(22-23(18,19)20)10(9,17)5(12)6(21-9)14-2-1-4(15)13-8(14)16/h1-2,5-7,17H,3H2,(H,13,15,16)(H2,18,19,20)/t5-,6+,7?,9+,10+/m0/s1. The molecule has 0 aromatic carbocycles.